The first-order valence-electron chi connectivity index (χ1n) is 6.69. The van der Waals surface area contributed by atoms with Crippen molar-refractivity contribution in [2.75, 3.05) is 16.8 Å². The standard InChI is InChI=1S/C15H15NO4S/c17-15(20-12-8-9-21(18,19)10-12)16-14-7-3-5-11-4-1-2-6-13(11)14/h1-7,12H,8-10H2,(H,16,17)/t12-/m0/s1. The number of sulfone groups is 1. The third-order valence-corrected chi connectivity index (χ3v) is 5.23. The predicted octanol–water partition coefficient (Wildman–Crippen LogP) is 2.58. The van der Waals surface area contributed by atoms with Crippen LogP contribution in [0.25, 0.3) is 10.8 Å². The molecule has 0 spiro atoms. The molecule has 6 heteroatoms. The highest BCUT2D eigenvalue weighted by atomic mass is 32.2. The van der Waals surface area contributed by atoms with E-state index in [1.54, 1.807) is 6.07 Å². The number of benzene rings is 2. The van der Waals surface area contributed by atoms with Gasteiger partial charge < -0.3 is 4.74 Å². The summed E-state index contributed by atoms with van der Waals surface area (Å²) in [5, 5.41) is 4.61. The molecule has 1 heterocycles. The number of hydrogen-bond donors (Lipinski definition) is 1. The highest BCUT2D eigenvalue weighted by Crippen LogP contribution is 2.23. The van der Waals surface area contributed by atoms with E-state index in [0.29, 0.717) is 12.1 Å². The maximum atomic E-state index is 11.9. The minimum atomic E-state index is -3.05. The first kappa shape index (κ1) is 13.9. The van der Waals surface area contributed by atoms with Crippen LogP contribution in [0.3, 0.4) is 0 Å². The molecule has 5 nitrogen and oxygen atoms in total. The molecule has 1 atom stereocenters. The summed E-state index contributed by atoms with van der Waals surface area (Å²) in [4.78, 5) is 11.9. The lowest BCUT2D eigenvalue weighted by Crippen LogP contribution is -2.23. The summed E-state index contributed by atoms with van der Waals surface area (Å²) in [5.74, 6) is -0.00479. The Kier molecular flexibility index (Phi) is 3.55. The van der Waals surface area contributed by atoms with E-state index in [2.05, 4.69) is 5.32 Å². The Morgan fingerprint density at radius 2 is 1.90 bits per heavy atom. The quantitative estimate of drug-likeness (QED) is 0.925. The van der Waals surface area contributed by atoms with Gasteiger partial charge in [-0.25, -0.2) is 13.2 Å². The number of rotatable bonds is 2. The fourth-order valence-electron chi connectivity index (χ4n) is 2.48. The molecule has 0 unspecified atom stereocenters. The molecular weight excluding hydrogens is 290 g/mol. The van der Waals surface area contributed by atoms with E-state index in [0.717, 1.165) is 10.8 Å². The largest absolute Gasteiger partial charge is 0.445 e. The lowest BCUT2D eigenvalue weighted by molar-refractivity contribution is 0.124. The molecule has 1 amide bonds. The number of carbonyl (C=O) groups excluding carboxylic acids is 1. The maximum absolute atomic E-state index is 11.9. The van der Waals surface area contributed by atoms with E-state index in [1.165, 1.54) is 0 Å². The lowest BCUT2D eigenvalue weighted by atomic mass is 10.1. The Morgan fingerprint density at radius 3 is 2.67 bits per heavy atom. The fourth-order valence-corrected chi connectivity index (χ4v) is 4.07. The molecule has 0 radical (unpaired) electrons. The molecular formula is C15H15NO4S. The number of anilines is 1. The molecule has 0 saturated carbocycles. The van der Waals surface area contributed by atoms with Crippen LogP contribution < -0.4 is 5.32 Å². The fraction of sp³-hybridized carbons (Fsp3) is 0.267. The molecule has 1 fully saturated rings. The summed E-state index contributed by atoms with van der Waals surface area (Å²) in [6.07, 6.45) is -0.802. The summed E-state index contributed by atoms with van der Waals surface area (Å²) in [5.41, 5.74) is 0.652. The summed E-state index contributed by atoms with van der Waals surface area (Å²) in [6, 6.07) is 13.3. The van der Waals surface area contributed by atoms with Gasteiger partial charge in [-0.1, -0.05) is 36.4 Å². The van der Waals surface area contributed by atoms with Crippen LogP contribution in [-0.2, 0) is 14.6 Å². The molecule has 2 aromatic carbocycles. The summed E-state index contributed by atoms with van der Waals surface area (Å²) < 4.78 is 27.9. The summed E-state index contributed by atoms with van der Waals surface area (Å²) >= 11 is 0. The zero-order valence-electron chi connectivity index (χ0n) is 11.3. The van der Waals surface area contributed by atoms with Crippen LogP contribution in [-0.4, -0.2) is 32.1 Å². The SMILES string of the molecule is O=C(Nc1cccc2ccccc12)O[C@H]1CCS(=O)(=O)C1. The van der Waals surface area contributed by atoms with Gasteiger partial charge in [-0.05, 0) is 17.9 Å². The molecule has 110 valence electrons. The number of carbonyl (C=O) groups is 1. The second kappa shape index (κ2) is 5.37. The van der Waals surface area contributed by atoms with E-state index in [9.17, 15) is 13.2 Å². The minimum absolute atomic E-state index is 0.0826. The predicted molar refractivity (Wildman–Crippen MR) is 81.1 cm³/mol. The van der Waals surface area contributed by atoms with E-state index in [-0.39, 0.29) is 11.5 Å². The van der Waals surface area contributed by atoms with Crippen LogP contribution in [0.2, 0.25) is 0 Å². The van der Waals surface area contributed by atoms with Crippen molar-refractivity contribution in [2.24, 2.45) is 0 Å². The van der Waals surface area contributed by atoms with Gasteiger partial charge >= 0.3 is 6.09 Å². The van der Waals surface area contributed by atoms with Gasteiger partial charge in [-0.2, -0.15) is 0 Å². The highest BCUT2D eigenvalue weighted by Gasteiger charge is 2.30. The average Bonchev–Trinajstić information content (AvgIpc) is 2.78. The van der Waals surface area contributed by atoms with E-state index < -0.39 is 22.0 Å². The summed E-state index contributed by atoms with van der Waals surface area (Å²) in [7, 11) is -3.05. The van der Waals surface area contributed by atoms with E-state index in [1.807, 2.05) is 36.4 Å². The van der Waals surface area contributed by atoms with Gasteiger partial charge in [0.05, 0.1) is 17.2 Å². The molecule has 3 rings (SSSR count). The van der Waals surface area contributed by atoms with Gasteiger partial charge in [0.25, 0.3) is 0 Å². The van der Waals surface area contributed by atoms with Crippen molar-refractivity contribution in [1.29, 1.82) is 0 Å². The smallest absolute Gasteiger partial charge is 0.411 e. The molecule has 0 bridgehead atoms. The van der Waals surface area contributed by atoms with Crippen molar-refractivity contribution in [1.82, 2.24) is 0 Å². The van der Waals surface area contributed by atoms with Crippen LogP contribution in [0, 0.1) is 0 Å². The van der Waals surface area contributed by atoms with Crippen LogP contribution in [0.15, 0.2) is 42.5 Å². The van der Waals surface area contributed by atoms with Gasteiger partial charge in [0.15, 0.2) is 9.84 Å². The van der Waals surface area contributed by atoms with Crippen molar-refractivity contribution in [3.8, 4) is 0 Å². The van der Waals surface area contributed by atoms with E-state index >= 15 is 0 Å². The van der Waals surface area contributed by atoms with Crippen molar-refractivity contribution in [2.45, 2.75) is 12.5 Å². The molecule has 1 aliphatic heterocycles. The van der Waals surface area contributed by atoms with Crippen molar-refractivity contribution in [3.63, 3.8) is 0 Å². The van der Waals surface area contributed by atoms with Crippen molar-refractivity contribution < 1.29 is 17.9 Å². The third-order valence-electron chi connectivity index (χ3n) is 3.49. The third kappa shape index (κ3) is 3.16. The summed E-state index contributed by atoms with van der Waals surface area (Å²) in [6.45, 7) is 0. The number of ether oxygens (including phenoxy) is 1. The van der Waals surface area contributed by atoms with Crippen LogP contribution in [0.1, 0.15) is 6.42 Å². The second-order valence-corrected chi connectivity index (χ2v) is 7.31. The topological polar surface area (TPSA) is 72.5 Å². The van der Waals surface area contributed by atoms with E-state index in [4.69, 9.17) is 4.74 Å². The highest BCUT2D eigenvalue weighted by molar-refractivity contribution is 7.91. The lowest BCUT2D eigenvalue weighted by Gasteiger charge is -2.12. The van der Waals surface area contributed by atoms with Gasteiger partial charge in [0.1, 0.15) is 6.10 Å². The molecule has 0 aromatic heterocycles. The molecule has 21 heavy (non-hydrogen) atoms. The normalized spacial score (nSPS) is 20.3. The van der Waals surface area contributed by atoms with Crippen LogP contribution in [0.5, 0.6) is 0 Å². The van der Waals surface area contributed by atoms with Gasteiger partial charge in [0.2, 0.25) is 0 Å². The zero-order chi connectivity index (χ0) is 14.9. The van der Waals surface area contributed by atoms with Crippen LogP contribution >= 0.6 is 0 Å². The van der Waals surface area contributed by atoms with Crippen molar-refractivity contribution >= 4 is 32.4 Å². The zero-order valence-corrected chi connectivity index (χ0v) is 12.1. The number of hydrogen-bond acceptors (Lipinski definition) is 4. The Hall–Kier alpha value is -2.08. The molecule has 1 N–H and O–H groups in total. The molecule has 0 aliphatic carbocycles. The number of amides is 1. The second-order valence-electron chi connectivity index (χ2n) is 5.08. The van der Waals surface area contributed by atoms with Gasteiger partial charge in [0, 0.05) is 5.39 Å². The Morgan fingerprint density at radius 1 is 1.14 bits per heavy atom. The first-order valence-corrected chi connectivity index (χ1v) is 8.51. The average molecular weight is 305 g/mol. The minimum Gasteiger partial charge on any atom is -0.445 e. The number of fused-ring (bicyclic) bond motifs is 1. The first-order chi connectivity index (χ1) is 10.0. The van der Waals surface area contributed by atoms with Gasteiger partial charge in [-0.3, -0.25) is 5.32 Å². The Bertz CT molecular complexity index is 780. The molecule has 1 saturated heterocycles. The van der Waals surface area contributed by atoms with Crippen molar-refractivity contribution in [3.05, 3.63) is 42.5 Å². The monoisotopic (exact) mass is 305 g/mol. The molecule has 2 aromatic rings. The Labute approximate surface area is 122 Å². The maximum Gasteiger partial charge on any atom is 0.411 e. The Balaban J connectivity index is 1.72. The number of nitrogens with one attached hydrogen (secondary N) is 1. The van der Waals surface area contributed by atoms with Crippen LogP contribution in [0.4, 0.5) is 10.5 Å². The molecule has 1 aliphatic rings. The van der Waals surface area contributed by atoms with Gasteiger partial charge in [-0.15, -0.1) is 0 Å².